The lowest BCUT2D eigenvalue weighted by Gasteiger charge is -2.15. The number of rotatable bonds is 8. The topological polar surface area (TPSA) is 92.5 Å². The molecule has 9 heteroatoms. The molecule has 25 heavy (non-hydrogen) atoms. The Morgan fingerprint density at radius 2 is 1.92 bits per heavy atom. The molecular formula is C16H20ClN3O3S2. The van der Waals surface area contributed by atoms with Gasteiger partial charge in [0.15, 0.2) is 0 Å². The number of hydrogen-bond donors (Lipinski definition) is 2. The first-order valence-electron chi connectivity index (χ1n) is 7.55. The Bertz CT molecular complexity index is 819. The van der Waals surface area contributed by atoms with Crippen LogP contribution in [-0.4, -0.2) is 39.4 Å². The van der Waals surface area contributed by atoms with Gasteiger partial charge in [-0.3, -0.25) is 9.69 Å². The fraction of sp³-hybridized carbons (Fsp3) is 0.312. The third kappa shape index (κ3) is 6.75. The number of amides is 1. The van der Waals surface area contributed by atoms with E-state index in [1.165, 1.54) is 23.5 Å². The molecule has 1 aromatic carbocycles. The van der Waals surface area contributed by atoms with Crippen molar-refractivity contribution >= 4 is 38.9 Å². The Morgan fingerprint density at radius 1 is 1.24 bits per heavy atom. The summed E-state index contributed by atoms with van der Waals surface area (Å²) in [5.74, 6) is -0.0636. The number of carbonyl (C=O) groups excluding carboxylic acids is 1. The number of halogens is 1. The average Bonchev–Trinajstić information content (AvgIpc) is 2.91. The van der Waals surface area contributed by atoms with E-state index in [0.29, 0.717) is 26.1 Å². The molecule has 6 nitrogen and oxygen atoms in total. The average molecular weight is 402 g/mol. The number of carbonyl (C=O) groups is 1. The maximum atomic E-state index is 12.0. The zero-order valence-electron chi connectivity index (χ0n) is 13.7. The van der Waals surface area contributed by atoms with Crippen molar-refractivity contribution in [3.8, 4) is 0 Å². The number of likely N-dealkylation sites (N-methyl/N-ethyl adjacent to an activating group) is 1. The first kappa shape index (κ1) is 19.9. The SMILES string of the molecule is CN(CC(=O)NCCc1ccc(S(N)(=O)=O)cc1)Cc1ccc(Cl)s1. The van der Waals surface area contributed by atoms with Gasteiger partial charge in [-0.25, -0.2) is 13.6 Å². The van der Waals surface area contributed by atoms with Gasteiger partial charge in [0, 0.05) is 18.0 Å². The van der Waals surface area contributed by atoms with E-state index in [4.69, 9.17) is 16.7 Å². The van der Waals surface area contributed by atoms with Crippen molar-refractivity contribution in [2.45, 2.75) is 17.9 Å². The van der Waals surface area contributed by atoms with E-state index in [9.17, 15) is 13.2 Å². The largest absolute Gasteiger partial charge is 0.355 e. The zero-order chi connectivity index (χ0) is 18.4. The first-order chi connectivity index (χ1) is 11.7. The molecule has 1 amide bonds. The van der Waals surface area contributed by atoms with Crippen LogP contribution >= 0.6 is 22.9 Å². The normalized spacial score (nSPS) is 11.7. The molecule has 0 spiro atoms. The van der Waals surface area contributed by atoms with E-state index in [1.807, 2.05) is 24.1 Å². The van der Waals surface area contributed by atoms with Crippen molar-refractivity contribution in [1.82, 2.24) is 10.2 Å². The van der Waals surface area contributed by atoms with Gasteiger partial charge in [0.05, 0.1) is 15.8 Å². The molecule has 2 aromatic rings. The fourth-order valence-electron chi connectivity index (χ4n) is 2.25. The Morgan fingerprint density at radius 3 is 2.48 bits per heavy atom. The second-order valence-corrected chi connectivity index (χ2v) is 9.03. The number of nitrogens with zero attached hydrogens (tertiary/aromatic N) is 1. The van der Waals surface area contributed by atoms with Gasteiger partial charge in [-0.2, -0.15) is 0 Å². The molecule has 0 aliphatic carbocycles. The van der Waals surface area contributed by atoms with Crippen LogP contribution in [0.4, 0.5) is 0 Å². The highest BCUT2D eigenvalue weighted by molar-refractivity contribution is 7.89. The lowest BCUT2D eigenvalue weighted by molar-refractivity contribution is -0.122. The summed E-state index contributed by atoms with van der Waals surface area (Å²) >= 11 is 7.39. The maximum absolute atomic E-state index is 12.0. The summed E-state index contributed by atoms with van der Waals surface area (Å²) in [6.07, 6.45) is 0.612. The van der Waals surface area contributed by atoms with Crippen molar-refractivity contribution in [1.29, 1.82) is 0 Å². The smallest absolute Gasteiger partial charge is 0.238 e. The van der Waals surface area contributed by atoms with Crippen molar-refractivity contribution in [3.63, 3.8) is 0 Å². The molecule has 0 fully saturated rings. The van der Waals surface area contributed by atoms with E-state index < -0.39 is 10.0 Å². The van der Waals surface area contributed by atoms with Crippen molar-refractivity contribution in [2.24, 2.45) is 5.14 Å². The van der Waals surface area contributed by atoms with Gasteiger partial charge >= 0.3 is 0 Å². The Hall–Kier alpha value is -1.45. The molecule has 0 bridgehead atoms. The van der Waals surface area contributed by atoms with Gasteiger partial charge in [-0.15, -0.1) is 11.3 Å². The summed E-state index contributed by atoms with van der Waals surface area (Å²) in [6.45, 7) is 1.44. The number of benzene rings is 1. The minimum absolute atomic E-state index is 0.0636. The van der Waals surface area contributed by atoms with E-state index in [-0.39, 0.29) is 10.8 Å². The van der Waals surface area contributed by atoms with E-state index in [1.54, 1.807) is 12.1 Å². The van der Waals surface area contributed by atoms with E-state index in [2.05, 4.69) is 5.32 Å². The molecule has 0 radical (unpaired) electrons. The number of hydrogen-bond acceptors (Lipinski definition) is 5. The summed E-state index contributed by atoms with van der Waals surface area (Å²) in [4.78, 5) is 15.1. The lowest BCUT2D eigenvalue weighted by Crippen LogP contribution is -2.35. The molecule has 3 N–H and O–H groups in total. The molecule has 0 aliphatic heterocycles. The number of sulfonamides is 1. The standard InChI is InChI=1S/C16H20ClN3O3S2/c1-20(10-13-4-7-15(17)24-13)11-16(21)19-9-8-12-2-5-14(6-3-12)25(18,22)23/h2-7H,8-11H2,1H3,(H,19,21)(H2,18,22,23). The van der Waals surface area contributed by atoms with Crippen molar-refractivity contribution in [3.05, 3.63) is 51.2 Å². The summed E-state index contributed by atoms with van der Waals surface area (Å²) in [7, 11) is -1.80. The summed E-state index contributed by atoms with van der Waals surface area (Å²) < 4.78 is 23.1. The molecular weight excluding hydrogens is 382 g/mol. The van der Waals surface area contributed by atoms with E-state index >= 15 is 0 Å². The molecule has 0 unspecified atom stereocenters. The summed E-state index contributed by atoms with van der Waals surface area (Å²) in [6, 6.07) is 10.1. The Kier molecular flexibility index (Phi) is 6.97. The predicted octanol–water partition coefficient (Wildman–Crippen LogP) is 1.84. The third-order valence-corrected chi connectivity index (χ3v) is 5.60. The summed E-state index contributed by atoms with van der Waals surface area (Å²) in [5, 5.41) is 7.91. The Labute approximate surface area is 156 Å². The van der Waals surface area contributed by atoms with Crippen LogP contribution < -0.4 is 10.5 Å². The third-order valence-electron chi connectivity index (χ3n) is 3.46. The molecule has 0 atom stereocenters. The fourth-order valence-corrected chi connectivity index (χ4v) is 3.94. The second kappa shape index (κ2) is 8.77. The van der Waals surface area contributed by atoms with Crippen LogP contribution in [0.5, 0.6) is 0 Å². The van der Waals surface area contributed by atoms with Gasteiger partial charge in [0.1, 0.15) is 0 Å². The number of thiophene rings is 1. The second-order valence-electron chi connectivity index (χ2n) is 5.67. The maximum Gasteiger partial charge on any atom is 0.238 e. The molecule has 0 saturated heterocycles. The van der Waals surface area contributed by atoms with Gasteiger partial charge in [0.2, 0.25) is 15.9 Å². The molecule has 136 valence electrons. The molecule has 0 aliphatic rings. The first-order valence-corrected chi connectivity index (χ1v) is 10.3. The van der Waals surface area contributed by atoms with Crippen molar-refractivity contribution in [2.75, 3.05) is 20.1 Å². The predicted molar refractivity (Wildman–Crippen MR) is 100 cm³/mol. The minimum atomic E-state index is -3.67. The minimum Gasteiger partial charge on any atom is -0.355 e. The van der Waals surface area contributed by atoms with Gasteiger partial charge in [0.25, 0.3) is 0 Å². The van der Waals surface area contributed by atoms with Crippen LogP contribution in [0.2, 0.25) is 4.34 Å². The molecule has 2 rings (SSSR count). The monoisotopic (exact) mass is 401 g/mol. The summed E-state index contributed by atoms with van der Waals surface area (Å²) in [5.41, 5.74) is 0.925. The lowest BCUT2D eigenvalue weighted by atomic mass is 10.1. The van der Waals surface area contributed by atoms with Crippen LogP contribution in [0.15, 0.2) is 41.3 Å². The molecule has 1 aromatic heterocycles. The Balaban J connectivity index is 1.73. The zero-order valence-corrected chi connectivity index (χ0v) is 16.1. The number of nitrogens with one attached hydrogen (secondary N) is 1. The highest BCUT2D eigenvalue weighted by Crippen LogP contribution is 2.22. The van der Waals surface area contributed by atoms with Gasteiger partial charge in [-0.1, -0.05) is 23.7 Å². The van der Waals surface area contributed by atoms with Crippen LogP contribution in [0.25, 0.3) is 0 Å². The van der Waals surface area contributed by atoms with E-state index in [0.717, 1.165) is 14.8 Å². The van der Waals surface area contributed by atoms with Crippen LogP contribution in [0.3, 0.4) is 0 Å². The van der Waals surface area contributed by atoms with Gasteiger partial charge < -0.3 is 5.32 Å². The molecule has 0 saturated carbocycles. The van der Waals surface area contributed by atoms with Crippen LogP contribution in [0, 0.1) is 0 Å². The number of primary sulfonamides is 1. The van der Waals surface area contributed by atoms with Crippen LogP contribution in [0.1, 0.15) is 10.4 Å². The molecule has 1 heterocycles. The van der Waals surface area contributed by atoms with Crippen molar-refractivity contribution < 1.29 is 13.2 Å². The van der Waals surface area contributed by atoms with Crippen LogP contribution in [-0.2, 0) is 27.8 Å². The highest BCUT2D eigenvalue weighted by Gasteiger charge is 2.09. The number of nitrogens with two attached hydrogens (primary N) is 1. The highest BCUT2D eigenvalue weighted by atomic mass is 35.5. The van der Waals surface area contributed by atoms with Gasteiger partial charge in [-0.05, 0) is 43.3 Å². The quantitative estimate of drug-likeness (QED) is 0.705.